The Balaban J connectivity index is 0.00000400. The molecule has 0 aliphatic carbocycles. The monoisotopic (exact) mass is 323 g/mol. The molecule has 1 aliphatic rings. The van der Waals surface area contributed by atoms with Crippen LogP contribution in [0.15, 0.2) is 0 Å². The molecule has 1 heterocycles. The Labute approximate surface area is 154 Å². The number of rotatable bonds is 9. The zero-order valence-electron chi connectivity index (χ0n) is 13.4. The summed E-state index contributed by atoms with van der Waals surface area (Å²) in [6.07, 6.45) is 6.37. The van der Waals surface area contributed by atoms with Gasteiger partial charge in [-0.15, -0.1) is 0 Å². The smallest absolute Gasteiger partial charge is 0.550 e. The number of thioether (sulfide) groups is 1. The van der Waals surface area contributed by atoms with Gasteiger partial charge in [-0.2, -0.15) is 11.8 Å². The van der Waals surface area contributed by atoms with Crippen molar-refractivity contribution in [3.05, 3.63) is 0 Å². The van der Waals surface area contributed by atoms with Gasteiger partial charge in [-0.25, -0.2) is 0 Å². The third-order valence-electron chi connectivity index (χ3n) is 3.72. The number of carbonyl (C=O) groups excluding carboxylic acids is 2. The van der Waals surface area contributed by atoms with Gasteiger partial charge in [0.25, 0.3) is 0 Å². The number of amides is 1. The number of unbranched alkanes of at least 4 members (excludes halogenated alkanes) is 3. The largest absolute Gasteiger partial charge is 1.00 e. The normalized spacial score (nSPS) is 21.4. The van der Waals surface area contributed by atoms with Crippen LogP contribution in [0.2, 0.25) is 0 Å². The van der Waals surface area contributed by atoms with Crippen LogP contribution in [0, 0.1) is 5.92 Å². The number of carboxylic acids is 1. The van der Waals surface area contributed by atoms with Crippen molar-refractivity contribution in [1.29, 1.82) is 0 Å². The van der Waals surface area contributed by atoms with Gasteiger partial charge in [-0.05, 0) is 43.8 Å². The maximum Gasteiger partial charge on any atom is 1.00 e. The number of aliphatic carboxylic acids is 1. The molecular formula is C15H26NNaO3S. The fraction of sp³-hybridized carbons (Fsp3) is 0.867. The van der Waals surface area contributed by atoms with Gasteiger partial charge in [0.05, 0.1) is 0 Å². The predicted octanol–water partition coefficient (Wildman–Crippen LogP) is -1.27. The van der Waals surface area contributed by atoms with Crippen LogP contribution in [-0.4, -0.2) is 29.4 Å². The Morgan fingerprint density at radius 3 is 2.48 bits per heavy atom. The summed E-state index contributed by atoms with van der Waals surface area (Å²) in [6, 6.07) is 0. The molecule has 1 amide bonds. The van der Waals surface area contributed by atoms with Crippen molar-refractivity contribution in [2.45, 2.75) is 63.5 Å². The van der Waals surface area contributed by atoms with E-state index in [2.05, 4.69) is 12.2 Å². The average molecular weight is 323 g/mol. The van der Waals surface area contributed by atoms with Crippen molar-refractivity contribution in [3.63, 3.8) is 0 Å². The van der Waals surface area contributed by atoms with Crippen molar-refractivity contribution in [2.24, 2.45) is 5.92 Å². The molecule has 4 nitrogen and oxygen atoms in total. The molecule has 0 saturated carbocycles. The minimum absolute atomic E-state index is 0. The van der Waals surface area contributed by atoms with E-state index in [0.29, 0.717) is 18.8 Å². The van der Waals surface area contributed by atoms with E-state index in [1.807, 2.05) is 11.8 Å². The third kappa shape index (κ3) is 11.5. The van der Waals surface area contributed by atoms with E-state index in [-0.39, 0.29) is 41.9 Å². The topological polar surface area (TPSA) is 69.2 Å². The van der Waals surface area contributed by atoms with Crippen molar-refractivity contribution >= 4 is 23.6 Å². The van der Waals surface area contributed by atoms with E-state index < -0.39 is 5.97 Å². The Kier molecular flexibility index (Phi) is 13.0. The minimum Gasteiger partial charge on any atom is -0.550 e. The maximum absolute atomic E-state index is 11.7. The molecule has 21 heavy (non-hydrogen) atoms. The van der Waals surface area contributed by atoms with Crippen LogP contribution in [0.4, 0.5) is 0 Å². The quantitative estimate of drug-likeness (QED) is 0.424. The van der Waals surface area contributed by atoms with Crippen molar-refractivity contribution in [2.75, 3.05) is 12.3 Å². The summed E-state index contributed by atoms with van der Waals surface area (Å²) in [5.41, 5.74) is 0. The first-order valence-electron chi connectivity index (χ1n) is 7.66. The Morgan fingerprint density at radius 1 is 1.19 bits per heavy atom. The van der Waals surface area contributed by atoms with Gasteiger partial charge in [-0.3, -0.25) is 4.79 Å². The number of carboxylic acid groups (broad SMARTS) is 1. The summed E-state index contributed by atoms with van der Waals surface area (Å²) in [4.78, 5) is 21.9. The van der Waals surface area contributed by atoms with Crippen molar-refractivity contribution in [3.8, 4) is 0 Å². The molecule has 1 N–H and O–H groups in total. The summed E-state index contributed by atoms with van der Waals surface area (Å²) in [7, 11) is 0. The molecule has 0 bridgehead atoms. The molecule has 6 heteroatoms. The standard InChI is InChI=1S/C15H27NO3S.Na/c1-12-10-13(8-9-20-12)11-16-14(17)6-4-2-3-5-7-15(18)19;/h12-13H,2-11H2,1H3,(H,16,17)(H,18,19);/q;+1/p-1. The summed E-state index contributed by atoms with van der Waals surface area (Å²) in [6.45, 7) is 3.07. The molecule has 0 aromatic rings. The first-order valence-corrected chi connectivity index (χ1v) is 8.71. The van der Waals surface area contributed by atoms with Crippen LogP contribution in [0.1, 0.15) is 58.3 Å². The molecule has 1 rings (SSSR count). The van der Waals surface area contributed by atoms with E-state index in [1.165, 1.54) is 18.6 Å². The van der Waals surface area contributed by atoms with Gasteiger partial charge >= 0.3 is 29.6 Å². The Morgan fingerprint density at radius 2 is 1.86 bits per heavy atom. The first kappa shape index (κ1) is 21.3. The minimum atomic E-state index is -0.984. The van der Waals surface area contributed by atoms with Gasteiger partial charge < -0.3 is 15.2 Å². The zero-order valence-corrected chi connectivity index (χ0v) is 16.2. The second-order valence-corrected chi connectivity index (χ2v) is 7.21. The van der Waals surface area contributed by atoms with E-state index >= 15 is 0 Å². The second-order valence-electron chi connectivity index (χ2n) is 5.66. The number of hydrogen-bond donors (Lipinski definition) is 1. The SMILES string of the molecule is CC1CC(CNC(=O)CCCCCCC(=O)[O-])CCS1.[Na+]. The van der Waals surface area contributed by atoms with Gasteiger partial charge in [-0.1, -0.05) is 19.8 Å². The van der Waals surface area contributed by atoms with Crippen molar-refractivity contribution in [1.82, 2.24) is 5.32 Å². The van der Waals surface area contributed by atoms with Crippen LogP contribution >= 0.6 is 11.8 Å². The van der Waals surface area contributed by atoms with Crippen molar-refractivity contribution < 1.29 is 44.3 Å². The van der Waals surface area contributed by atoms with E-state index in [9.17, 15) is 14.7 Å². The van der Waals surface area contributed by atoms with Gasteiger partial charge in [0.1, 0.15) is 0 Å². The van der Waals surface area contributed by atoms with Gasteiger partial charge in [0.15, 0.2) is 0 Å². The third-order valence-corrected chi connectivity index (χ3v) is 4.95. The average Bonchev–Trinajstić information content (AvgIpc) is 2.40. The Bertz CT molecular complexity index is 315. The van der Waals surface area contributed by atoms with E-state index in [1.54, 1.807) is 0 Å². The summed E-state index contributed by atoms with van der Waals surface area (Å²) < 4.78 is 0. The molecule has 116 valence electrons. The number of hydrogen-bond acceptors (Lipinski definition) is 4. The van der Waals surface area contributed by atoms with E-state index in [4.69, 9.17) is 0 Å². The summed E-state index contributed by atoms with van der Waals surface area (Å²) >= 11 is 2.02. The molecule has 1 fully saturated rings. The molecule has 1 aliphatic heterocycles. The fourth-order valence-corrected chi connectivity index (χ4v) is 3.81. The summed E-state index contributed by atoms with van der Waals surface area (Å²) in [5.74, 6) is 0.997. The molecular weight excluding hydrogens is 297 g/mol. The predicted molar refractivity (Wildman–Crippen MR) is 80.4 cm³/mol. The number of carbonyl (C=O) groups is 2. The Hall–Kier alpha value is 0.290. The molecule has 2 unspecified atom stereocenters. The molecule has 0 radical (unpaired) electrons. The van der Waals surface area contributed by atoms with Gasteiger partial charge in [0, 0.05) is 24.2 Å². The molecule has 0 spiro atoms. The van der Waals surface area contributed by atoms with Crippen LogP contribution in [-0.2, 0) is 9.59 Å². The first-order chi connectivity index (χ1) is 9.58. The van der Waals surface area contributed by atoms with E-state index in [0.717, 1.165) is 31.1 Å². The zero-order chi connectivity index (χ0) is 14.8. The number of nitrogens with one attached hydrogen (secondary N) is 1. The van der Waals surface area contributed by atoms with Crippen LogP contribution in [0.5, 0.6) is 0 Å². The van der Waals surface area contributed by atoms with Crippen LogP contribution < -0.4 is 40.0 Å². The molecule has 0 aromatic heterocycles. The molecule has 1 saturated heterocycles. The van der Waals surface area contributed by atoms with Crippen LogP contribution in [0.25, 0.3) is 0 Å². The molecule has 2 atom stereocenters. The summed E-state index contributed by atoms with van der Waals surface area (Å²) in [5, 5.41) is 14.0. The fourth-order valence-electron chi connectivity index (χ4n) is 2.53. The molecule has 0 aromatic carbocycles. The second kappa shape index (κ2) is 12.8. The van der Waals surface area contributed by atoms with Crippen LogP contribution in [0.3, 0.4) is 0 Å². The maximum atomic E-state index is 11.7. The van der Waals surface area contributed by atoms with Gasteiger partial charge in [0.2, 0.25) is 5.91 Å².